The molecular weight excluding hydrogens is 573 g/mol. The molecule has 0 aromatic heterocycles. The number of anilines is 2. The zero-order valence-corrected chi connectivity index (χ0v) is 23.4. The van der Waals surface area contributed by atoms with E-state index >= 15 is 0 Å². The molecule has 4 rings (SSSR count). The fourth-order valence-corrected chi connectivity index (χ4v) is 7.49. The molecule has 1 heterocycles. The number of ether oxygens (including phenoxy) is 1. The predicted octanol–water partition coefficient (Wildman–Crippen LogP) is 4.62. The molecule has 1 N–H and O–H groups in total. The van der Waals surface area contributed by atoms with Crippen LogP contribution in [0.5, 0.6) is 5.75 Å². The van der Waals surface area contributed by atoms with E-state index in [0.29, 0.717) is 13.1 Å². The maximum atomic E-state index is 13.6. The Balaban J connectivity index is 1.69. The Hall–Kier alpha value is -2.83. The summed E-state index contributed by atoms with van der Waals surface area (Å²) >= 11 is 12.5. The van der Waals surface area contributed by atoms with Crippen LogP contribution in [0, 0.1) is 0 Å². The van der Waals surface area contributed by atoms with Gasteiger partial charge in [0.05, 0.1) is 38.3 Å². The van der Waals surface area contributed by atoms with Crippen LogP contribution in [-0.2, 0) is 24.8 Å². The van der Waals surface area contributed by atoms with Crippen LogP contribution in [0.15, 0.2) is 76.5 Å². The van der Waals surface area contributed by atoms with Gasteiger partial charge in [-0.05, 0) is 55.3 Å². The molecule has 1 aliphatic rings. The summed E-state index contributed by atoms with van der Waals surface area (Å²) in [6.07, 6.45) is 1.55. The van der Waals surface area contributed by atoms with Gasteiger partial charge in [0, 0.05) is 13.1 Å². The summed E-state index contributed by atoms with van der Waals surface area (Å²) in [5.74, 6) is -0.549. The summed E-state index contributed by atoms with van der Waals surface area (Å²) in [5, 5.41) is 2.66. The number of hydrogen-bond acceptors (Lipinski definition) is 6. The van der Waals surface area contributed by atoms with Crippen molar-refractivity contribution in [3.63, 3.8) is 0 Å². The number of hydrogen-bond donors (Lipinski definition) is 1. The van der Waals surface area contributed by atoms with E-state index in [4.69, 9.17) is 27.9 Å². The topological polar surface area (TPSA) is 113 Å². The van der Waals surface area contributed by atoms with Crippen LogP contribution in [0.4, 0.5) is 11.4 Å². The molecule has 0 saturated carbocycles. The fourth-order valence-electron chi connectivity index (χ4n) is 4.05. The smallest absolute Gasteiger partial charge is 0.264 e. The summed E-state index contributed by atoms with van der Waals surface area (Å²) in [5.41, 5.74) is 0.0857. The largest absolute Gasteiger partial charge is 0.495 e. The molecule has 9 nitrogen and oxygen atoms in total. The highest BCUT2D eigenvalue weighted by atomic mass is 35.5. The van der Waals surface area contributed by atoms with E-state index in [1.54, 1.807) is 18.2 Å². The van der Waals surface area contributed by atoms with Crippen molar-refractivity contribution in [2.75, 3.05) is 36.4 Å². The van der Waals surface area contributed by atoms with E-state index in [1.165, 1.54) is 59.9 Å². The molecule has 1 fully saturated rings. The van der Waals surface area contributed by atoms with Crippen molar-refractivity contribution >= 4 is 60.5 Å². The average molecular weight is 599 g/mol. The molecule has 1 amide bonds. The first-order valence-electron chi connectivity index (χ1n) is 11.6. The Morgan fingerprint density at radius 1 is 0.947 bits per heavy atom. The van der Waals surface area contributed by atoms with Crippen molar-refractivity contribution in [1.29, 1.82) is 0 Å². The van der Waals surface area contributed by atoms with Gasteiger partial charge in [-0.2, -0.15) is 4.31 Å². The summed E-state index contributed by atoms with van der Waals surface area (Å²) in [4.78, 5) is 13.2. The van der Waals surface area contributed by atoms with E-state index in [0.717, 1.165) is 17.1 Å². The van der Waals surface area contributed by atoms with Crippen molar-refractivity contribution < 1.29 is 26.4 Å². The van der Waals surface area contributed by atoms with Gasteiger partial charge in [-0.3, -0.25) is 9.10 Å². The third-order valence-corrected chi connectivity index (χ3v) is 10.4. The molecule has 0 radical (unpaired) electrons. The lowest BCUT2D eigenvalue weighted by Gasteiger charge is -2.25. The molecule has 3 aromatic rings. The lowest BCUT2D eigenvalue weighted by Crippen LogP contribution is -2.38. The Morgan fingerprint density at radius 2 is 1.63 bits per heavy atom. The van der Waals surface area contributed by atoms with Crippen LogP contribution in [0.3, 0.4) is 0 Å². The lowest BCUT2D eigenvalue weighted by molar-refractivity contribution is -0.114. The Bertz CT molecular complexity index is 1540. The highest BCUT2D eigenvalue weighted by Crippen LogP contribution is 2.36. The molecule has 202 valence electrons. The highest BCUT2D eigenvalue weighted by molar-refractivity contribution is 7.93. The third-order valence-electron chi connectivity index (χ3n) is 5.97. The van der Waals surface area contributed by atoms with Crippen LogP contribution in [0.1, 0.15) is 12.8 Å². The maximum Gasteiger partial charge on any atom is 0.264 e. The maximum absolute atomic E-state index is 13.6. The van der Waals surface area contributed by atoms with E-state index in [-0.39, 0.29) is 37.0 Å². The van der Waals surface area contributed by atoms with E-state index < -0.39 is 32.5 Å². The Morgan fingerprint density at radius 3 is 2.29 bits per heavy atom. The number of halogens is 2. The normalized spacial score (nSPS) is 14.3. The minimum absolute atomic E-state index is 0.00972. The monoisotopic (exact) mass is 597 g/mol. The standard InChI is InChI=1S/C25H25Cl2N3O6S2/c1-36-23-13-12-19(37(32,33)29-14-5-6-15-29)16-21(23)28-24(31)17-30(22-11-7-10-20(26)25(22)27)38(34,35)18-8-3-2-4-9-18/h2-4,7-13,16H,5-6,14-15,17H2,1H3,(H,28,31). The third kappa shape index (κ3) is 5.76. The van der Waals surface area contributed by atoms with Gasteiger partial charge in [0.1, 0.15) is 12.3 Å². The van der Waals surface area contributed by atoms with Gasteiger partial charge in [0.2, 0.25) is 15.9 Å². The quantitative estimate of drug-likeness (QED) is 0.385. The van der Waals surface area contributed by atoms with Crippen LogP contribution in [-0.4, -0.2) is 53.8 Å². The minimum atomic E-state index is -4.24. The number of sulfonamides is 2. The molecule has 0 unspecified atom stereocenters. The van der Waals surface area contributed by atoms with Crippen molar-refractivity contribution in [3.05, 3.63) is 76.8 Å². The molecule has 0 aliphatic carbocycles. The zero-order chi connectivity index (χ0) is 27.5. The minimum Gasteiger partial charge on any atom is -0.495 e. The number of amides is 1. The first-order chi connectivity index (χ1) is 18.1. The van der Waals surface area contributed by atoms with Crippen molar-refractivity contribution in [1.82, 2.24) is 4.31 Å². The number of nitrogens with one attached hydrogen (secondary N) is 1. The first kappa shape index (κ1) is 28.2. The van der Waals surface area contributed by atoms with Crippen LogP contribution < -0.4 is 14.4 Å². The van der Waals surface area contributed by atoms with E-state index in [2.05, 4.69) is 5.32 Å². The first-order valence-corrected chi connectivity index (χ1v) is 15.2. The number of nitrogens with zero attached hydrogens (tertiary/aromatic N) is 2. The zero-order valence-electron chi connectivity index (χ0n) is 20.3. The Kier molecular flexibility index (Phi) is 8.53. The van der Waals surface area contributed by atoms with Gasteiger partial charge in [-0.25, -0.2) is 16.8 Å². The van der Waals surface area contributed by atoms with Gasteiger partial charge >= 0.3 is 0 Å². The summed E-state index contributed by atoms with van der Waals surface area (Å²) in [6, 6.07) is 16.2. The van der Waals surface area contributed by atoms with E-state index in [9.17, 15) is 21.6 Å². The molecule has 1 saturated heterocycles. The fraction of sp³-hybridized carbons (Fsp3) is 0.240. The van der Waals surface area contributed by atoms with Gasteiger partial charge in [-0.1, -0.05) is 47.5 Å². The molecule has 0 bridgehead atoms. The van der Waals surface area contributed by atoms with Gasteiger partial charge in [0.25, 0.3) is 10.0 Å². The summed E-state index contributed by atoms with van der Waals surface area (Å²) in [7, 11) is -6.64. The van der Waals surface area contributed by atoms with Crippen molar-refractivity contribution in [3.8, 4) is 5.75 Å². The van der Waals surface area contributed by atoms with Gasteiger partial charge in [-0.15, -0.1) is 0 Å². The number of benzene rings is 3. The second-order valence-corrected chi connectivity index (χ2v) is 13.0. The lowest BCUT2D eigenvalue weighted by atomic mass is 10.3. The van der Waals surface area contributed by atoms with Crippen molar-refractivity contribution in [2.45, 2.75) is 22.6 Å². The second kappa shape index (κ2) is 11.5. The summed E-state index contributed by atoms with van der Waals surface area (Å²) < 4.78 is 60.8. The highest BCUT2D eigenvalue weighted by Gasteiger charge is 2.31. The predicted molar refractivity (Wildman–Crippen MR) is 147 cm³/mol. The number of carbonyl (C=O) groups is 1. The number of rotatable bonds is 9. The van der Waals surface area contributed by atoms with Crippen molar-refractivity contribution in [2.24, 2.45) is 0 Å². The Labute approximate surface area is 232 Å². The molecule has 38 heavy (non-hydrogen) atoms. The van der Waals surface area contributed by atoms with Crippen LogP contribution in [0.25, 0.3) is 0 Å². The molecule has 1 aliphatic heterocycles. The molecule has 3 aromatic carbocycles. The second-order valence-electron chi connectivity index (χ2n) is 8.42. The summed E-state index contributed by atoms with van der Waals surface area (Å²) in [6.45, 7) is 0.162. The molecule has 0 spiro atoms. The number of carbonyl (C=O) groups excluding carboxylic acids is 1. The van der Waals surface area contributed by atoms with Crippen LogP contribution >= 0.6 is 23.2 Å². The van der Waals surface area contributed by atoms with Gasteiger partial charge < -0.3 is 10.1 Å². The SMILES string of the molecule is COc1ccc(S(=O)(=O)N2CCCC2)cc1NC(=O)CN(c1cccc(Cl)c1Cl)S(=O)(=O)c1ccccc1. The van der Waals surface area contributed by atoms with Gasteiger partial charge in [0.15, 0.2) is 0 Å². The number of methoxy groups -OCH3 is 1. The average Bonchev–Trinajstić information content (AvgIpc) is 3.46. The molecular formula is C25H25Cl2N3O6S2. The van der Waals surface area contributed by atoms with Crippen LogP contribution in [0.2, 0.25) is 10.0 Å². The van der Waals surface area contributed by atoms with E-state index in [1.807, 2.05) is 0 Å². The molecule has 13 heteroatoms. The molecule has 0 atom stereocenters.